The molecule has 0 saturated heterocycles. The van der Waals surface area contributed by atoms with Crippen LogP contribution in [-0.2, 0) is 13.1 Å². The van der Waals surface area contributed by atoms with Crippen LogP contribution in [0.25, 0.3) is 21.8 Å². The SMILES string of the molecule is CCCC[n+]1ccc2c3ccccc3n(Cc3ccccc3)c2c1. The summed E-state index contributed by atoms with van der Waals surface area (Å²) in [5.74, 6) is 0. The molecule has 120 valence electrons. The van der Waals surface area contributed by atoms with Gasteiger partial charge in [0.2, 0.25) is 0 Å². The zero-order valence-electron chi connectivity index (χ0n) is 14.2. The second-order valence-corrected chi connectivity index (χ2v) is 6.42. The highest BCUT2D eigenvalue weighted by molar-refractivity contribution is 6.07. The number of hydrogen-bond donors (Lipinski definition) is 0. The van der Waals surface area contributed by atoms with Gasteiger partial charge in [-0.3, -0.25) is 0 Å². The van der Waals surface area contributed by atoms with Gasteiger partial charge in [-0.05, 0) is 11.6 Å². The predicted molar refractivity (Wildman–Crippen MR) is 100 cm³/mol. The highest BCUT2D eigenvalue weighted by Crippen LogP contribution is 2.28. The Bertz CT molecular complexity index is 967. The van der Waals surface area contributed by atoms with Gasteiger partial charge in [0.25, 0.3) is 0 Å². The van der Waals surface area contributed by atoms with Gasteiger partial charge in [-0.25, -0.2) is 4.57 Å². The molecule has 2 aromatic carbocycles. The molecule has 24 heavy (non-hydrogen) atoms. The summed E-state index contributed by atoms with van der Waals surface area (Å²) in [4.78, 5) is 0. The van der Waals surface area contributed by atoms with Crippen LogP contribution in [-0.4, -0.2) is 4.57 Å². The zero-order valence-corrected chi connectivity index (χ0v) is 14.2. The summed E-state index contributed by atoms with van der Waals surface area (Å²) in [5.41, 5.74) is 3.97. The van der Waals surface area contributed by atoms with Crippen LogP contribution in [0.1, 0.15) is 25.3 Å². The minimum atomic E-state index is 0.905. The van der Waals surface area contributed by atoms with E-state index >= 15 is 0 Å². The lowest BCUT2D eigenvalue weighted by molar-refractivity contribution is -0.696. The lowest BCUT2D eigenvalue weighted by Gasteiger charge is -2.07. The molecule has 2 heterocycles. The van der Waals surface area contributed by atoms with Crippen LogP contribution in [0.15, 0.2) is 73.1 Å². The fraction of sp³-hybridized carbons (Fsp3) is 0.227. The van der Waals surface area contributed by atoms with Gasteiger partial charge in [-0.1, -0.05) is 61.9 Å². The van der Waals surface area contributed by atoms with E-state index in [1.54, 1.807) is 0 Å². The van der Waals surface area contributed by atoms with E-state index in [9.17, 15) is 0 Å². The fourth-order valence-corrected chi connectivity index (χ4v) is 3.45. The smallest absolute Gasteiger partial charge is 0.193 e. The van der Waals surface area contributed by atoms with Crippen molar-refractivity contribution in [3.8, 4) is 0 Å². The first kappa shape index (κ1) is 14.9. The topological polar surface area (TPSA) is 8.81 Å². The molecule has 0 N–H and O–H groups in total. The normalized spacial score (nSPS) is 11.4. The molecule has 4 rings (SSSR count). The molecule has 0 aliphatic rings. The number of aromatic nitrogens is 2. The van der Waals surface area contributed by atoms with Gasteiger partial charge in [-0.15, -0.1) is 0 Å². The Balaban J connectivity index is 1.89. The van der Waals surface area contributed by atoms with Crippen LogP contribution in [0.4, 0.5) is 0 Å². The van der Waals surface area contributed by atoms with Crippen molar-refractivity contribution in [3.05, 3.63) is 78.6 Å². The summed E-state index contributed by atoms with van der Waals surface area (Å²) in [6.45, 7) is 4.23. The van der Waals surface area contributed by atoms with Gasteiger partial charge >= 0.3 is 0 Å². The van der Waals surface area contributed by atoms with Crippen molar-refractivity contribution < 1.29 is 4.57 Å². The number of benzene rings is 2. The van der Waals surface area contributed by atoms with Crippen molar-refractivity contribution >= 4 is 21.8 Å². The first-order valence-electron chi connectivity index (χ1n) is 8.81. The number of fused-ring (bicyclic) bond motifs is 3. The van der Waals surface area contributed by atoms with E-state index in [4.69, 9.17) is 0 Å². The van der Waals surface area contributed by atoms with E-state index in [1.807, 2.05) is 0 Å². The van der Waals surface area contributed by atoms with Gasteiger partial charge in [0.05, 0.1) is 0 Å². The average Bonchev–Trinajstić information content (AvgIpc) is 2.94. The summed E-state index contributed by atoms with van der Waals surface area (Å²) in [5, 5.41) is 2.68. The van der Waals surface area contributed by atoms with Crippen LogP contribution >= 0.6 is 0 Å². The average molecular weight is 315 g/mol. The maximum Gasteiger partial charge on any atom is 0.193 e. The Morgan fingerprint density at radius 2 is 1.58 bits per heavy atom. The molecule has 2 aromatic heterocycles. The first-order chi connectivity index (χ1) is 11.9. The van der Waals surface area contributed by atoms with E-state index in [0.717, 1.165) is 13.1 Å². The van der Waals surface area contributed by atoms with Crippen LogP contribution < -0.4 is 4.57 Å². The van der Waals surface area contributed by atoms with Crippen LogP contribution in [0, 0.1) is 0 Å². The van der Waals surface area contributed by atoms with Crippen molar-refractivity contribution in [2.45, 2.75) is 32.9 Å². The Hall–Kier alpha value is -2.61. The minimum absolute atomic E-state index is 0.905. The van der Waals surface area contributed by atoms with Crippen LogP contribution in [0.3, 0.4) is 0 Å². The molecule has 0 atom stereocenters. The lowest BCUT2D eigenvalue weighted by Crippen LogP contribution is -2.32. The van der Waals surface area contributed by atoms with Gasteiger partial charge in [0, 0.05) is 35.3 Å². The van der Waals surface area contributed by atoms with E-state index in [0.29, 0.717) is 0 Å². The number of para-hydroxylation sites is 1. The molecule has 4 aromatic rings. The second-order valence-electron chi connectivity index (χ2n) is 6.42. The van der Waals surface area contributed by atoms with Crippen molar-refractivity contribution in [1.82, 2.24) is 4.57 Å². The van der Waals surface area contributed by atoms with Crippen molar-refractivity contribution in [2.24, 2.45) is 0 Å². The molecular weight excluding hydrogens is 292 g/mol. The quantitative estimate of drug-likeness (QED) is 0.462. The van der Waals surface area contributed by atoms with Crippen LogP contribution in [0.5, 0.6) is 0 Å². The summed E-state index contributed by atoms with van der Waals surface area (Å²) in [7, 11) is 0. The number of aryl methyl sites for hydroxylation is 1. The number of nitrogens with zero attached hydrogens (tertiary/aromatic N) is 2. The summed E-state index contributed by atoms with van der Waals surface area (Å²) >= 11 is 0. The fourth-order valence-electron chi connectivity index (χ4n) is 3.45. The molecule has 0 bridgehead atoms. The molecule has 0 radical (unpaired) electrons. The highest BCUT2D eigenvalue weighted by Gasteiger charge is 2.14. The van der Waals surface area contributed by atoms with Crippen molar-refractivity contribution in [2.75, 3.05) is 0 Å². The molecule has 0 aliphatic heterocycles. The molecule has 0 saturated carbocycles. The van der Waals surface area contributed by atoms with Crippen molar-refractivity contribution in [3.63, 3.8) is 0 Å². The molecule has 0 fully saturated rings. The Morgan fingerprint density at radius 1 is 0.833 bits per heavy atom. The zero-order chi connectivity index (χ0) is 16.4. The standard InChI is InChI=1S/C22H23N2/c1-2-3-14-23-15-13-20-19-11-7-8-12-21(19)24(22(20)17-23)16-18-9-5-4-6-10-18/h4-13,15,17H,2-3,14,16H2,1H3/q+1. The third-order valence-corrected chi connectivity index (χ3v) is 4.73. The monoisotopic (exact) mass is 315 g/mol. The Kier molecular flexibility index (Phi) is 4.04. The van der Waals surface area contributed by atoms with Crippen molar-refractivity contribution in [1.29, 1.82) is 0 Å². The number of hydrogen-bond acceptors (Lipinski definition) is 0. The molecule has 2 nitrogen and oxygen atoms in total. The third-order valence-electron chi connectivity index (χ3n) is 4.73. The minimum Gasteiger partial charge on any atom is -0.331 e. The van der Waals surface area contributed by atoms with E-state index in [1.165, 1.54) is 40.2 Å². The Labute approximate surface area is 143 Å². The molecule has 0 amide bonds. The molecule has 0 spiro atoms. The molecule has 0 unspecified atom stereocenters. The third kappa shape index (κ3) is 2.69. The summed E-state index contributed by atoms with van der Waals surface area (Å²) < 4.78 is 4.77. The van der Waals surface area contributed by atoms with Gasteiger partial charge in [-0.2, -0.15) is 0 Å². The van der Waals surface area contributed by atoms with Gasteiger partial charge < -0.3 is 4.57 Å². The molecule has 2 heteroatoms. The number of rotatable bonds is 5. The van der Waals surface area contributed by atoms with E-state index in [2.05, 4.69) is 89.1 Å². The Morgan fingerprint density at radius 3 is 2.42 bits per heavy atom. The van der Waals surface area contributed by atoms with E-state index in [-0.39, 0.29) is 0 Å². The van der Waals surface area contributed by atoms with Gasteiger partial charge in [0.15, 0.2) is 12.4 Å². The largest absolute Gasteiger partial charge is 0.331 e. The molecule has 0 aliphatic carbocycles. The predicted octanol–water partition coefficient (Wildman–Crippen LogP) is 4.93. The van der Waals surface area contributed by atoms with E-state index < -0.39 is 0 Å². The maximum absolute atomic E-state index is 2.45. The first-order valence-corrected chi connectivity index (χ1v) is 8.81. The summed E-state index contributed by atoms with van der Waals surface area (Å²) in [6, 6.07) is 21.7. The summed E-state index contributed by atoms with van der Waals surface area (Å²) in [6.07, 6.45) is 6.97. The lowest BCUT2D eigenvalue weighted by atomic mass is 10.2. The van der Waals surface area contributed by atoms with Crippen LogP contribution in [0.2, 0.25) is 0 Å². The highest BCUT2D eigenvalue weighted by atomic mass is 15.0. The number of unbranched alkanes of at least 4 members (excludes halogenated alkanes) is 1. The second kappa shape index (κ2) is 6.48. The number of pyridine rings is 1. The molecular formula is C22H23N2+. The maximum atomic E-state index is 2.45. The van der Waals surface area contributed by atoms with Gasteiger partial charge in [0.1, 0.15) is 12.1 Å².